The highest BCUT2D eigenvalue weighted by Crippen LogP contribution is 2.30. The lowest BCUT2D eigenvalue weighted by Crippen LogP contribution is -2.42. The van der Waals surface area contributed by atoms with Gasteiger partial charge in [-0.2, -0.15) is 5.26 Å². The van der Waals surface area contributed by atoms with Gasteiger partial charge in [-0.25, -0.2) is 9.59 Å². The molecule has 1 aromatic carbocycles. The standard InChI is InChI=1S/C23H16N2O7/c1-3-6-25-20(26)17(12(2)18(11-24)21(25)27)10-16-4-5-19(32-16)13-7-14(22(28)29)9-15(8-13)23(30)31/h3-5,7-10H,1,6H2,2H3,(H,28,29)(H,30,31). The first-order chi connectivity index (χ1) is 15.2. The lowest BCUT2D eigenvalue weighted by atomic mass is 9.94. The molecule has 1 aliphatic heterocycles. The summed E-state index contributed by atoms with van der Waals surface area (Å²) < 4.78 is 5.69. The third-order valence-corrected chi connectivity index (χ3v) is 4.76. The molecule has 0 aliphatic carbocycles. The third kappa shape index (κ3) is 3.97. The lowest BCUT2D eigenvalue weighted by Gasteiger charge is -2.26. The first-order valence-corrected chi connectivity index (χ1v) is 9.20. The van der Waals surface area contributed by atoms with Crippen molar-refractivity contribution >= 4 is 29.8 Å². The lowest BCUT2D eigenvalue weighted by molar-refractivity contribution is -0.139. The summed E-state index contributed by atoms with van der Waals surface area (Å²) in [6.07, 6.45) is 2.73. The van der Waals surface area contributed by atoms with Gasteiger partial charge < -0.3 is 14.6 Å². The van der Waals surface area contributed by atoms with Crippen LogP contribution in [0.3, 0.4) is 0 Å². The van der Waals surface area contributed by atoms with Gasteiger partial charge in [-0.05, 0) is 48.9 Å². The summed E-state index contributed by atoms with van der Waals surface area (Å²) in [7, 11) is 0. The maximum atomic E-state index is 12.8. The molecule has 3 rings (SSSR count). The molecule has 0 bridgehead atoms. The van der Waals surface area contributed by atoms with Crippen molar-refractivity contribution < 1.29 is 33.8 Å². The topological polar surface area (TPSA) is 149 Å². The Hall–Kier alpha value is -4.71. The van der Waals surface area contributed by atoms with Gasteiger partial charge in [-0.3, -0.25) is 14.5 Å². The molecular weight excluding hydrogens is 416 g/mol. The van der Waals surface area contributed by atoms with Crippen LogP contribution in [-0.4, -0.2) is 45.4 Å². The van der Waals surface area contributed by atoms with Gasteiger partial charge in [0.05, 0.1) is 11.1 Å². The van der Waals surface area contributed by atoms with Crippen LogP contribution >= 0.6 is 0 Å². The molecule has 1 aliphatic rings. The first kappa shape index (κ1) is 22.0. The minimum atomic E-state index is -1.30. The number of imide groups is 1. The Bertz CT molecular complexity index is 1260. The fourth-order valence-electron chi connectivity index (χ4n) is 3.17. The highest BCUT2D eigenvalue weighted by atomic mass is 16.4. The molecule has 9 heteroatoms. The number of benzene rings is 1. The Morgan fingerprint density at radius 3 is 2.28 bits per heavy atom. The first-order valence-electron chi connectivity index (χ1n) is 9.20. The van der Waals surface area contributed by atoms with E-state index in [1.165, 1.54) is 43.3 Å². The van der Waals surface area contributed by atoms with Crippen molar-refractivity contribution in [3.8, 4) is 17.4 Å². The van der Waals surface area contributed by atoms with Gasteiger partial charge in [0.1, 0.15) is 23.2 Å². The summed E-state index contributed by atoms with van der Waals surface area (Å²) in [6, 6.07) is 8.36. The average Bonchev–Trinajstić information content (AvgIpc) is 3.23. The van der Waals surface area contributed by atoms with E-state index >= 15 is 0 Å². The highest BCUT2D eigenvalue weighted by Gasteiger charge is 2.34. The quantitative estimate of drug-likeness (QED) is 0.402. The number of carboxylic acids is 2. The van der Waals surface area contributed by atoms with E-state index in [1.807, 2.05) is 6.07 Å². The molecule has 1 aromatic heterocycles. The maximum Gasteiger partial charge on any atom is 0.335 e. The summed E-state index contributed by atoms with van der Waals surface area (Å²) in [5, 5.41) is 27.8. The van der Waals surface area contributed by atoms with Gasteiger partial charge in [-0.15, -0.1) is 6.58 Å². The second-order valence-corrected chi connectivity index (χ2v) is 6.79. The molecule has 32 heavy (non-hydrogen) atoms. The zero-order valence-corrected chi connectivity index (χ0v) is 16.8. The average molecular weight is 432 g/mol. The molecule has 2 N–H and O–H groups in total. The predicted octanol–water partition coefficient (Wildman–Crippen LogP) is 3.12. The highest BCUT2D eigenvalue weighted by molar-refractivity contribution is 6.19. The number of carboxylic acid groups (broad SMARTS) is 2. The summed E-state index contributed by atoms with van der Waals surface area (Å²) in [4.78, 5) is 48.7. The molecular formula is C23H16N2O7. The van der Waals surface area contributed by atoms with E-state index in [-0.39, 0.29) is 51.5 Å². The number of furan rings is 1. The predicted molar refractivity (Wildman–Crippen MR) is 111 cm³/mol. The van der Waals surface area contributed by atoms with Gasteiger partial charge in [0.25, 0.3) is 11.8 Å². The minimum absolute atomic E-state index is 0.0726. The Morgan fingerprint density at radius 2 is 1.75 bits per heavy atom. The number of nitriles is 1. The Kier molecular flexibility index (Phi) is 5.89. The monoisotopic (exact) mass is 432 g/mol. The SMILES string of the molecule is C=CCN1C(=O)C(=Cc2ccc(-c3cc(C(=O)O)cc(C(=O)O)c3)o2)C(C)=C(C#N)C1=O. The number of carbonyl (C=O) groups excluding carboxylic acids is 2. The molecule has 0 unspecified atom stereocenters. The van der Waals surface area contributed by atoms with Crippen LogP contribution in [0.15, 0.2) is 64.1 Å². The molecule has 0 atom stereocenters. The van der Waals surface area contributed by atoms with Crippen molar-refractivity contribution in [3.05, 3.63) is 76.6 Å². The van der Waals surface area contributed by atoms with Crippen LogP contribution in [0, 0.1) is 11.3 Å². The Labute approximate surface area is 181 Å². The van der Waals surface area contributed by atoms with Gasteiger partial charge in [0.15, 0.2) is 0 Å². The number of carbonyl (C=O) groups is 4. The number of amides is 2. The van der Waals surface area contributed by atoms with Crippen LogP contribution in [0.25, 0.3) is 17.4 Å². The van der Waals surface area contributed by atoms with E-state index in [2.05, 4.69) is 6.58 Å². The second kappa shape index (κ2) is 8.57. The fourth-order valence-corrected chi connectivity index (χ4v) is 3.17. The van der Waals surface area contributed by atoms with Gasteiger partial charge in [-0.1, -0.05) is 6.08 Å². The molecule has 0 spiro atoms. The summed E-state index contributed by atoms with van der Waals surface area (Å²) in [5.41, 5.74) is -0.138. The molecule has 0 radical (unpaired) electrons. The van der Waals surface area contributed by atoms with Gasteiger partial charge in [0.2, 0.25) is 0 Å². The van der Waals surface area contributed by atoms with Crippen LogP contribution < -0.4 is 0 Å². The van der Waals surface area contributed by atoms with E-state index < -0.39 is 23.8 Å². The maximum absolute atomic E-state index is 12.8. The van der Waals surface area contributed by atoms with E-state index in [9.17, 15) is 34.7 Å². The van der Waals surface area contributed by atoms with Crippen molar-refractivity contribution in [2.45, 2.75) is 6.92 Å². The number of hydrogen-bond donors (Lipinski definition) is 2. The van der Waals surface area contributed by atoms with Gasteiger partial charge >= 0.3 is 11.9 Å². The third-order valence-electron chi connectivity index (χ3n) is 4.76. The van der Waals surface area contributed by atoms with Gasteiger partial charge in [0, 0.05) is 17.7 Å². The van der Waals surface area contributed by atoms with Crippen LogP contribution in [0.5, 0.6) is 0 Å². The molecule has 0 saturated carbocycles. The van der Waals surface area contributed by atoms with Crippen LogP contribution in [0.2, 0.25) is 0 Å². The number of hydrogen-bond acceptors (Lipinski definition) is 6. The van der Waals surface area contributed by atoms with E-state index in [0.29, 0.717) is 0 Å². The number of rotatable bonds is 6. The van der Waals surface area contributed by atoms with E-state index in [1.54, 1.807) is 0 Å². The summed E-state index contributed by atoms with van der Waals surface area (Å²) >= 11 is 0. The fraction of sp³-hybridized carbons (Fsp3) is 0.0870. The largest absolute Gasteiger partial charge is 0.478 e. The normalized spacial score (nSPS) is 15.1. The van der Waals surface area contributed by atoms with Crippen LogP contribution in [0.1, 0.15) is 33.4 Å². The molecule has 2 amide bonds. The molecule has 160 valence electrons. The zero-order chi connectivity index (χ0) is 23.6. The summed E-state index contributed by atoms with van der Waals surface area (Å²) in [6.45, 7) is 4.92. The molecule has 0 fully saturated rings. The minimum Gasteiger partial charge on any atom is -0.478 e. The summed E-state index contributed by atoms with van der Waals surface area (Å²) in [5.74, 6) is -3.57. The van der Waals surface area contributed by atoms with E-state index in [4.69, 9.17) is 4.42 Å². The Balaban J connectivity index is 2.08. The smallest absolute Gasteiger partial charge is 0.335 e. The second-order valence-electron chi connectivity index (χ2n) is 6.79. The van der Waals surface area contributed by atoms with Crippen molar-refractivity contribution in [1.82, 2.24) is 4.90 Å². The number of aromatic carboxylic acids is 2. The van der Waals surface area contributed by atoms with E-state index in [0.717, 1.165) is 11.0 Å². The van der Waals surface area contributed by atoms with Crippen LogP contribution in [0.4, 0.5) is 0 Å². The Morgan fingerprint density at radius 1 is 1.12 bits per heavy atom. The van der Waals surface area contributed by atoms with Crippen molar-refractivity contribution in [3.63, 3.8) is 0 Å². The molecule has 9 nitrogen and oxygen atoms in total. The molecule has 2 aromatic rings. The van der Waals surface area contributed by atoms with Crippen molar-refractivity contribution in [2.24, 2.45) is 0 Å². The van der Waals surface area contributed by atoms with Crippen molar-refractivity contribution in [1.29, 1.82) is 5.26 Å². The number of nitrogens with zero attached hydrogens (tertiary/aromatic N) is 2. The van der Waals surface area contributed by atoms with Crippen LogP contribution in [-0.2, 0) is 9.59 Å². The molecule has 2 heterocycles. The van der Waals surface area contributed by atoms with Crippen molar-refractivity contribution in [2.75, 3.05) is 6.54 Å². The molecule has 0 saturated heterocycles. The zero-order valence-electron chi connectivity index (χ0n) is 16.8.